The van der Waals surface area contributed by atoms with Crippen molar-refractivity contribution in [2.24, 2.45) is 0 Å². The van der Waals surface area contributed by atoms with E-state index in [4.69, 9.17) is 9.15 Å². The van der Waals surface area contributed by atoms with Gasteiger partial charge in [0.25, 0.3) is 5.91 Å². The summed E-state index contributed by atoms with van der Waals surface area (Å²) < 4.78 is 51.7. The fraction of sp³-hybridized carbons (Fsp3) is 0.381. The molecule has 0 spiro atoms. The number of carbonyl (C=O) groups is 1. The van der Waals surface area contributed by atoms with E-state index in [1.807, 2.05) is 32.0 Å². The number of carbonyl (C=O) groups excluding carboxylic acids is 1. The summed E-state index contributed by atoms with van der Waals surface area (Å²) in [5.74, 6) is -0.0869. The average Bonchev–Trinajstić information content (AvgIpc) is 3.36. The number of benzene rings is 1. The Bertz CT molecular complexity index is 1120. The Morgan fingerprint density at radius 2 is 1.97 bits per heavy atom. The first kappa shape index (κ1) is 21.0. The Morgan fingerprint density at radius 1 is 1.19 bits per heavy atom. The zero-order valence-corrected chi connectivity index (χ0v) is 17.2. The number of furan rings is 1. The minimum Gasteiger partial charge on any atom is -0.485 e. The van der Waals surface area contributed by atoms with Crippen LogP contribution in [0.4, 0.5) is 13.2 Å². The Labute approximate surface area is 176 Å². The maximum absolute atomic E-state index is 13.1. The van der Waals surface area contributed by atoms with E-state index in [1.165, 1.54) is 11.0 Å². The standard InChI is InChI=1S/C21H21F3N4O3/c1-12-4-5-13(2)17(10-12)30-11-15-6-7-16(31-15)19(29)27-8-9-28-18(14(27)3)25-26-20(28)21(22,23)24/h4-7,10,14H,8-9,11H2,1-3H3. The van der Waals surface area contributed by atoms with Crippen LogP contribution in [0.25, 0.3) is 0 Å². The molecule has 0 radical (unpaired) electrons. The van der Waals surface area contributed by atoms with Crippen molar-refractivity contribution >= 4 is 5.91 Å². The lowest BCUT2D eigenvalue weighted by Gasteiger charge is -2.33. The lowest BCUT2D eigenvalue weighted by atomic mass is 10.1. The highest BCUT2D eigenvalue weighted by Crippen LogP contribution is 2.33. The quantitative estimate of drug-likeness (QED) is 0.612. The third-order valence-electron chi connectivity index (χ3n) is 5.29. The normalized spacial score (nSPS) is 16.3. The molecule has 0 fully saturated rings. The minimum absolute atomic E-state index is 0.0451. The minimum atomic E-state index is -4.59. The molecule has 1 aromatic carbocycles. The SMILES string of the molecule is Cc1ccc(C)c(OCc2ccc(C(=O)N3CCn4c(nnc4C(F)(F)F)C3C)o2)c1. The molecule has 0 saturated carbocycles. The van der Waals surface area contributed by atoms with Gasteiger partial charge in [-0.2, -0.15) is 13.2 Å². The number of hydrogen-bond acceptors (Lipinski definition) is 5. The molecule has 31 heavy (non-hydrogen) atoms. The highest BCUT2D eigenvalue weighted by Gasteiger charge is 2.42. The highest BCUT2D eigenvalue weighted by atomic mass is 19.4. The Hall–Kier alpha value is -3.30. The fourth-order valence-corrected chi connectivity index (χ4v) is 3.60. The molecule has 7 nitrogen and oxygen atoms in total. The molecular formula is C21H21F3N4O3. The van der Waals surface area contributed by atoms with Crippen molar-refractivity contribution in [2.45, 2.75) is 46.1 Å². The number of halogens is 3. The molecule has 164 valence electrons. The van der Waals surface area contributed by atoms with Gasteiger partial charge in [-0.05, 0) is 50.1 Å². The fourth-order valence-electron chi connectivity index (χ4n) is 3.60. The van der Waals surface area contributed by atoms with E-state index in [9.17, 15) is 18.0 Å². The number of aromatic nitrogens is 3. The summed E-state index contributed by atoms with van der Waals surface area (Å²) in [7, 11) is 0. The summed E-state index contributed by atoms with van der Waals surface area (Å²) in [6.07, 6.45) is -4.59. The maximum atomic E-state index is 13.1. The van der Waals surface area contributed by atoms with E-state index in [0.29, 0.717) is 5.76 Å². The number of ether oxygens (including phenoxy) is 1. The molecule has 0 saturated heterocycles. The van der Waals surface area contributed by atoms with Gasteiger partial charge in [0.1, 0.15) is 18.1 Å². The van der Waals surface area contributed by atoms with Crippen molar-refractivity contribution in [1.82, 2.24) is 19.7 Å². The number of rotatable bonds is 4. The van der Waals surface area contributed by atoms with E-state index < -0.39 is 23.9 Å². The van der Waals surface area contributed by atoms with E-state index >= 15 is 0 Å². The zero-order chi connectivity index (χ0) is 22.3. The third kappa shape index (κ3) is 4.01. The van der Waals surface area contributed by atoms with Crippen LogP contribution in [0.5, 0.6) is 5.75 Å². The van der Waals surface area contributed by atoms with Gasteiger partial charge in [-0.3, -0.25) is 4.79 Å². The number of alkyl halides is 3. The van der Waals surface area contributed by atoms with Crippen LogP contribution in [0.1, 0.15) is 52.1 Å². The van der Waals surface area contributed by atoms with Crippen LogP contribution in [0.15, 0.2) is 34.7 Å². The second kappa shape index (κ2) is 7.75. The summed E-state index contributed by atoms with van der Waals surface area (Å²) in [5, 5.41) is 6.93. The van der Waals surface area contributed by atoms with Gasteiger partial charge in [0.05, 0.1) is 6.04 Å². The molecule has 4 rings (SSSR count). The van der Waals surface area contributed by atoms with E-state index in [1.54, 1.807) is 13.0 Å². The molecule has 1 amide bonds. The summed E-state index contributed by atoms with van der Waals surface area (Å²) >= 11 is 0. The van der Waals surface area contributed by atoms with Gasteiger partial charge >= 0.3 is 6.18 Å². The van der Waals surface area contributed by atoms with E-state index in [0.717, 1.165) is 21.4 Å². The summed E-state index contributed by atoms with van der Waals surface area (Å²) in [6, 6.07) is 8.39. The van der Waals surface area contributed by atoms with E-state index in [-0.39, 0.29) is 31.3 Å². The molecular weight excluding hydrogens is 413 g/mol. The third-order valence-corrected chi connectivity index (χ3v) is 5.29. The smallest absolute Gasteiger partial charge is 0.451 e. The topological polar surface area (TPSA) is 73.4 Å². The monoisotopic (exact) mass is 434 g/mol. The second-order valence-corrected chi connectivity index (χ2v) is 7.53. The van der Waals surface area contributed by atoms with Gasteiger partial charge in [0.15, 0.2) is 11.6 Å². The first-order chi connectivity index (χ1) is 14.6. The molecule has 3 aromatic rings. The van der Waals surface area contributed by atoms with Crippen LogP contribution in [-0.2, 0) is 19.3 Å². The van der Waals surface area contributed by atoms with E-state index in [2.05, 4.69) is 10.2 Å². The lowest BCUT2D eigenvalue weighted by molar-refractivity contribution is -0.148. The maximum Gasteiger partial charge on any atom is 0.451 e. The number of nitrogens with zero attached hydrogens (tertiary/aromatic N) is 4. The molecule has 3 heterocycles. The van der Waals surface area contributed by atoms with Gasteiger partial charge in [0, 0.05) is 13.1 Å². The largest absolute Gasteiger partial charge is 0.485 e. The van der Waals surface area contributed by atoms with Crippen LogP contribution < -0.4 is 4.74 Å². The van der Waals surface area contributed by atoms with Crippen LogP contribution >= 0.6 is 0 Å². The first-order valence-electron chi connectivity index (χ1n) is 9.75. The predicted molar refractivity (Wildman–Crippen MR) is 103 cm³/mol. The van der Waals surface area contributed by atoms with Crippen LogP contribution in [-0.4, -0.2) is 32.1 Å². The van der Waals surface area contributed by atoms with Gasteiger partial charge in [-0.25, -0.2) is 0 Å². The molecule has 0 aliphatic carbocycles. The second-order valence-electron chi connectivity index (χ2n) is 7.53. The molecule has 0 N–H and O–H groups in total. The molecule has 10 heteroatoms. The van der Waals surface area contributed by atoms with Gasteiger partial charge in [-0.1, -0.05) is 12.1 Å². The van der Waals surface area contributed by atoms with Crippen molar-refractivity contribution < 1.29 is 27.1 Å². The molecule has 1 aliphatic heterocycles. The number of aryl methyl sites for hydroxylation is 2. The predicted octanol–water partition coefficient (Wildman–Crippen LogP) is 4.30. The lowest BCUT2D eigenvalue weighted by Crippen LogP contribution is -2.41. The summed E-state index contributed by atoms with van der Waals surface area (Å²) in [4.78, 5) is 14.4. The first-order valence-corrected chi connectivity index (χ1v) is 9.75. The molecule has 1 aliphatic rings. The van der Waals surface area contributed by atoms with Crippen molar-refractivity contribution in [3.8, 4) is 5.75 Å². The number of amides is 1. The highest BCUT2D eigenvalue weighted by molar-refractivity contribution is 5.91. The summed E-state index contributed by atoms with van der Waals surface area (Å²) in [5.41, 5.74) is 2.05. The molecule has 2 aromatic heterocycles. The Kier molecular flexibility index (Phi) is 5.24. The van der Waals surface area contributed by atoms with Crippen molar-refractivity contribution in [3.63, 3.8) is 0 Å². The van der Waals surface area contributed by atoms with Crippen LogP contribution in [0.2, 0.25) is 0 Å². The van der Waals surface area contributed by atoms with Crippen LogP contribution in [0.3, 0.4) is 0 Å². The number of fused-ring (bicyclic) bond motifs is 1. The van der Waals surface area contributed by atoms with Crippen molar-refractivity contribution in [3.05, 3.63) is 64.6 Å². The average molecular weight is 434 g/mol. The van der Waals surface area contributed by atoms with Crippen LogP contribution in [0, 0.1) is 13.8 Å². The zero-order valence-electron chi connectivity index (χ0n) is 17.2. The molecule has 1 atom stereocenters. The Balaban J connectivity index is 1.46. The van der Waals surface area contributed by atoms with Gasteiger partial charge in [-0.15, -0.1) is 10.2 Å². The Morgan fingerprint density at radius 3 is 2.71 bits per heavy atom. The number of hydrogen-bond donors (Lipinski definition) is 0. The summed E-state index contributed by atoms with van der Waals surface area (Å²) in [6.45, 7) is 5.71. The van der Waals surface area contributed by atoms with Crippen molar-refractivity contribution in [2.75, 3.05) is 6.54 Å². The van der Waals surface area contributed by atoms with Gasteiger partial charge in [0.2, 0.25) is 5.82 Å². The molecule has 0 bridgehead atoms. The van der Waals surface area contributed by atoms with Crippen molar-refractivity contribution in [1.29, 1.82) is 0 Å². The molecule has 1 unspecified atom stereocenters. The van der Waals surface area contributed by atoms with Gasteiger partial charge < -0.3 is 18.6 Å².